The Hall–Kier alpha value is -4.00. The maximum atomic E-state index is 15.8. The summed E-state index contributed by atoms with van der Waals surface area (Å²) in [6, 6.07) is 4.94. The fourth-order valence-corrected chi connectivity index (χ4v) is 7.47. The van der Waals surface area contributed by atoms with Gasteiger partial charge in [-0.1, -0.05) is 37.3 Å². The average Bonchev–Trinajstić information content (AvgIpc) is 3.76. The standard InChI is InChI=1S/C33H42FN5O7SSi/c1-10-13-45-26-19-35-24(18-36-26)27(40)37-21-11-12-23(34)22(16-21)32(5)25-17-33(25,28(41)43-6)47-29(38-32)39(30(42)46-31(2,3)4)20-44-14-15-48(7,8)9/h1,11-12,16,18-19,25H,13-15,17,20H2,2-9H3,(H,37,40). The van der Waals surface area contributed by atoms with Crippen LogP contribution < -0.4 is 10.1 Å². The SMILES string of the molecule is C#CCOc1cnc(C(=O)Nc2ccc(F)c(C3(C)N=C(N(COCC[Si](C)(C)C)C(=O)OC(C)(C)C)SC4(C(=O)OC)CC43)c2)cn1. The number of benzene rings is 1. The van der Waals surface area contributed by atoms with E-state index >= 15 is 4.39 Å². The monoisotopic (exact) mass is 699 g/mol. The molecule has 15 heteroatoms. The summed E-state index contributed by atoms with van der Waals surface area (Å²) in [4.78, 5) is 54.2. The minimum absolute atomic E-state index is 0.000528. The molecule has 2 aliphatic rings. The largest absolute Gasteiger partial charge is 0.468 e. The number of esters is 1. The van der Waals surface area contributed by atoms with E-state index < -0.39 is 53.7 Å². The number of thioether (sulfide) groups is 1. The number of terminal acetylenes is 1. The van der Waals surface area contributed by atoms with Gasteiger partial charge < -0.3 is 24.3 Å². The van der Waals surface area contributed by atoms with E-state index in [1.54, 1.807) is 27.7 Å². The highest BCUT2D eigenvalue weighted by Crippen LogP contribution is 2.67. The van der Waals surface area contributed by atoms with Gasteiger partial charge >= 0.3 is 12.1 Å². The van der Waals surface area contributed by atoms with Crippen molar-refractivity contribution in [2.24, 2.45) is 10.9 Å². The van der Waals surface area contributed by atoms with E-state index in [0.29, 0.717) is 13.0 Å². The molecule has 2 heterocycles. The summed E-state index contributed by atoms with van der Waals surface area (Å²) >= 11 is 1.09. The molecule has 1 N–H and O–H groups in total. The number of amidine groups is 1. The zero-order valence-electron chi connectivity index (χ0n) is 28.5. The first-order chi connectivity index (χ1) is 22.4. The van der Waals surface area contributed by atoms with Crippen molar-refractivity contribution in [3.05, 3.63) is 47.7 Å². The summed E-state index contributed by atoms with van der Waals surface area (Å²) in [6.45, 7) is 13.8. The lowest BCUT2D eigenvalue weighted by Gasteiger charge is -2.37. The number of nitrogens with one attached hydrogen (secondary N) is 1. The number of amides is 2. The minimum atomic E-state index is -1.44. The number of aliphatic imine (C=N–C) groups is 1. The molecule has 0 spiro atoms. The van der Waals surface area contributed by atoms with E-state index in [9.17, 15) is 14.4 Å². The van der Waals surface area contributed by atoms with Gasteiger partial charge in [-0.05, 0) is 58.4 Å². The van der Waals surface area contributed by atoms with Crippen LogP contribution in [-0.2, 0) is 24.5 Å². The molecule has 0 bridgehead atoms. The summed E-state index contributed by atoms with van der Waals surface area (Å²) in [5, 5.41) is 2.85. The molecule has 1 fully saturated rings. The molecule has 0 saturated heterocycles. The molecular formula is C33H42FN5O7SSi. The Morgan fingerprint density at radius 1 is 1.21 bits per heavy atom. The number of anilines is 1. The van der Waals surface area contributed by atoms with Gasteiger partial charge in [0.15, 0.2) is 11.8 Å². The first kappa shape index (κ1) is 36.8. The molecule has 2 aromatic rings. The molecule has 1 saturated carbocycles. The predicted octanol–water partition coefficient (Wildman–Crippen LogP) is 5.68. The van der Waals surface area contributed by atoms with Gasteiger partial charge in [0, 0.05) is 31.8 Å². The maximum absolute atomic E-state index is 15.8. The summed E-state index contributed by atoms with van der Waals surface area (Å²) in [6.07, 6.45) is 7.28. The van der Waals surface area contributed by atoms with Crippen LogP contribution in [0.25, 0.3) is 0 Å². The number of fused-ring (bicyclic) bond motifs is 1. The van der Waals surface area contributed by atoms with Gasteiger partial charge in [0.2, 0.25) is 5.88 Å². The molecule has 12 nitrogen and oxygen atoms in total. The van der Waals surface area contributed by atoms with Gasteiger partial charge in [-0.3, -0.25) is 14.6 Å². The number of halogens is 1. The zero-order chi connectivity index (χ0) is 35.5. The van der Waals surface area contributed by atoms with Crippen molar-refractivity contribution in [1.82, 2.24) is 14.9 Å². The number of rotatable bonds is 11. The van der Waals surface area contributed by atoms with Crippen molar-refractivity contribution in [1.29, 1.82) is 0 Å². The topological polar surface area (TPSA) is 142 Å². The number of aromatic nitrogens is 2. The van der Waals surface area contributed by atoms with Gasteiger partial charge in [-0.2, -0.15) is 0 Å². The summed E-state index contributed by atoms with van der Waals surface area (Å²) in [7, 11) is -0.152. The van der Waals surface area contributed by atoms with E-state index in [1.165, 1.54) is 42.6 Å². The third-order valence-corrected chi connectivity index (χ3v) is 10.9. The molecule has 4 rings (SSSR count). The minimum Gasteiger partial charge on any atom is -0.468 e. The third-order valence-electron chi connectivity index (χ3n) is 7.72. The predicted molar refractivity (Wildman–Crippen MR) is 183 cm³/mol. The van der Waals surface area contributed by atoms with Gasteiger partial charge in [0.25, 0.3) is 5.91 Å². The maximum Gasteiger partial charge on any atom is 0.418 e. The first-order valence-corrected chi connectivity index (χ1v) is 19.9. The summed E-state index contributed by atoms with van der Waals surface area (Å²) in [5.74, 6) is 0.266. The Labute approximate surface area is 285 Å². The Balaban J connectivity index is 1.70. The second-order valence-corrected chi connectivity index (χ2v) is 20.8. The molecule has 1 aromatic heterocycles. The molecule has 0 radical (unpaired) electrons. The quantitative estimate of drug-likeness (QED) is 0.102. The molecular weight excluding hydrogens is 658 g/mol. The van der Waals surface area contributed by atoms with E-state index in [4.69, 9.17) is 30.4 Å². The molecule has 3 atom stereocenters. The second kappa shape index (κ2) is 14.2. The van der Waals surface area contributed by atoms with E-state index in [1.807, 2.05) is 0 Å². The lowest BCUT2D eigenvalue weighted by molar-refractivity contribution is -0.141. The molecule has 1 aliphatic heterocycles. The molecule has 1 aromatic carbocycles. The highest BCUT2D eigenvalue weighted by atomic mass is 32.2. The van der Waals surface area contributed by atoms with Crippen molar-refractivity contribution in [3.63, 3.8) is 0 Å². The normalized spacial score (nSPS) is 21.6. The highest BCUT2D eigenvalue weighted by Gasteiger charge is 2.72. The van der Waals surface area contributed by atoms with Crippen molar-refractivity contribution in [2.45, 2.75) is 75.7 Å². The zero-order valence-corrected chi connectivity index (χ0v) is 30.3. The molecule has 1 aliphatic carbocycles. The van der Waals surface area contributed by atoms with Crippen molar-refractivity contribution in [3.8, 4) is 18.2 Å². The van der Waals surface area contributed by atoms with Crippen LogP contribution in [0.2, 0.25) is 25.7 Å². The number of nitrogens with zero attached hydrogens (tertiary/aromatic N) is 4. The number of ether oxygens (including phenoxy) is 4. The number of hydrogen-bond acceptors (Lipinski definition) is 11. The Bertz CT molecular complexity index is 1620. The van der Waals surface area contributed by atoms with Crippen LogP contribution in [0, 0.1) is 24.1 Å². The van der Waals surface area contributed by atoms with Crippen LogP contribution in [0.15, 0.2) is 35.6 Å². The van der Waals surface area contributed by atoms with E-state index in [0.717, 1.165) is 17.8 Å². The number of methoxy groups -OCH3 is 1. The van der Waals surface area contributed by atoms with Crippen molar-refractivity contribution < 1.29 is 37.7 Å². The first-order valence-electron chi connectivity index (χ1n) is 15.4. The Morgan fingerprint density at radius 2 is 1.94 bits per heavy atom. The van der Waals surface area contributed by atoms with E-state index in [2.05, 4.69) is 40.8 Å². The molecule has 258 valence electrons. The van der Waals surface area contributed by atoms with Gasteiger partial charge in [0.1, 0.15) is 28.6 Å². The average molecular weight is 700 g/mol. The Morgan fingerprint density at radius 3 is 2.54 bits per heavy atom. The number of carbonyl (C=O) groups is 3. The van der Waals surface area contributed by atoms with Gasteiger partial charge in [-0.15, -0.1) is 6.42 Å². The fourth-order valence-electron chi connectivity index (χ4n) is 5.12. The number of carbonyl (C=O) groups excluding carboxylic acids is 3. The van der Waals surface area contributed by atoms with Crippen LogP contribution in [0.3, 0.4) is 0 Å². The van der Waals surface area contributed by atoms with Crippen molar-refractivity contribution >= 4 is 48.7 Å². The smallest absolute Gasteiger partial charge is 0.418 e. The van der Waals surface area contributed by atoms with Crippen LogP contribution in [0.1, 0.15) is 50.2 Å². The van der Waals surface area contributed by atoms with Gasteiger partial charge in [-0.25, -0.2) is 24.1 Å². The number of hydrogen-bond donors (Lipinski definition) is 1. The van der Waals surface area contributed by atoms with Crippen LogP contribution >= 0.6 is 11.8 Å². The van der Waals surface area contributed by atoms with Gasteiger partial charge in [0.05, 0.1) is 25.0 Å². The van der Waals surface area contributed by atoms with Crippen LogP contribution in [0.5, 0.6) is 5.88 Å². The third kappa shape index (κ3) is 8.52. The van der Waals surface area contributed by atoms with Crippen LogP contribution in [0.4, 0.5) is 14.9 Å². The summed E-state index contributed by atoms with van der Waals surface area (Å²) in [5.41, 5.74) is -1.83. The summed E-state index contributed by atoms with van der Waals surface area (Å²) < 4.78 is 36.7. The Kier molecular flexibility index (Phi) is 10.9. The van der Waals surface area contributed by atoms with E-state index in [-0.39, 0.29) is 41.3 Å². The second-order valence-electron chi connectivity index (χ2n) is 13.9. The molecule has 48 heavy (non-hydrogen) atoms. The highest BCUT2D eigenvalue weighted by molar-refractivity contribution is 8.15. The molecule has 2 amide bonds. The lowest BCUT2D eigenvalue weighted by atomic mass is 9.85. The van der Waals surface area contributed by atoms with Crippen LogP contribution in [-0.4, -0.2) is 83.5 Å². The van der Waals surface area contributed by atoms with Crippen molar-refractivity contribution in [2.75, 3.05) is 32.4 Å². The fraction of sp³-hybridized carbons (Fsp3) is 0.515. The lowest BCUT2D eigenvalue weighted by Crippen LogP contribution is -2.47. The molecule has 3 unspecified atom stereocenters.